The van der Waals surface area contributed by atoms with Crippen molar-refractivity contribution < 1.29 is 9.53 Å². The molecule has 0 spiro atoms. The average molecular weight is 403 g/mol. The van der Waals surface area contributed by atoms with E-state index < -0.39 is 0 Å². The maximum Gasteiger partial charge on any atom is 0.274 e. The van der Waals surface area contributed by atoms with Crippen LogP contribution in [0, 0.1) is 13.8 Å². The van der Waals surface area contributed by atoms with Gasteiger partial charge < -0.3 is 9.64 Å². The van der Waals surface area contributed by atoms with Gasteiger partial charge in [-0.15, -0.1) is 0 Å². The molecule has 0 saturated heterocycles. The van der Waals surface area contributed by atoms with E-state index in [1.807, 2.05) is 31.2 Å². The van der Waals surface area contributed by atoms with E-state index in [0.717, 1.165) is 5.56 Å². The lowest BCUT2D eigenvalue weighted by atomic mass is 10.1. The minimum Gasteiger partial charge on any atom is -0.497 e. The molecule has 0 saturated carbocycles. The predicted octanol–water partition coefficient (Wildman–Crippen LogP) is 2.89. The van der Waals surface area contributed by atoms with Crippen LogP contribution in [-0.2, 0) is 6.54 Å². The van der Waals surface area contributed by atoms with Crippen LogP contribution in [0.4, 0.5) is 5.69 Å². The van der Waals surface area contributed by atoms with E-state index >= 15 is 0 Å². The molecule has 0 atom stereocenters. The molecule has 0 bridgehead atoms. The molecule has 0 unspecified atom stereocenters. The summed E-state index contributed by atoms with van der Waals surface area (Å²) in [5, 5.41) is 2.94. The van der Waals surface area contributed by atoms with Crippen molar-refractivity contribution in [3.8, 4) is 5.75 Å². The summed E-state index contributed by atoms with van der Waals surface area (Å²) in [5.74, 6) is 1.10. The van der Waals surface area contributed by atoms with E-state index in [4.69, 9.17) is 4.74 Å². The number of benzene rings is 2. The van der Waals surface area contributed by atoms with Crippen LogP contribution in [0.25, 0.3) is 5.78 Å². The third-order valence-electron chi connectivity index (χ3n) is 4.72. The van der Waals surface area contributed by atoms with Crippen LogP contribution in [0.15, 0.2) is 59.4 Å². The Hall–Kier alpha value is -3.94. The summed E-state index contributed by atoms with van der Waals surface area (Å²) < 4.78 is 6.52. The Morgan fingerprint density at radius 2 is 1.87 bits per heavy atom. The molecule has 2 heterocycles. The number of carbonyl (C=O) groups excluding carboxylic acids is 1. The number of nitrogens with zero attached hydrogens (tertiary/aromatic N) is 4. The van der Waals surface area contributed by atoms with Crippen molar-refractivity contribution in [2.24, 2.45) is 0 Å². The van der Waals surface area contributed by atoms with E-state index in [1.54, 1.807) is 43.2 Å². The van der Waals surface area contributed by atoms with Crippen molar-refractivity contribution in [1.82, 2.24) is 19.6 Å². The molecule has 2 aromatic heterocycles. The lowest BCUT2D eigenvalue weighted by Crippen LogP contribution is -2.31. The second kappa shape index (κ2) is 7.82. The molecule has 0 aliphatic heterocycles. The number of hydrogen-bond acceptors (Lipinski definition) is 5. The number of amides is 1. The number of carbonyl (C=O) groups is 1. The number of aryl methyl sites for hydroxylation is 2. The van der Waals surface area contributed by atoms with Crippen molar-refractivity contribution in [3.05, 3.63) is 87.6 Å². The van der Waals surface area contributed by atoms with Gasteiger partial charge in [-0.2, -0.15) is 9.50 Å². The summed E-state index contributed by atoms with van der Waals surface area (Å²) in [6.45, 7) is 3.86. The second-order valence-electron chi connectivity index (χ2n) is 7.00. The summed E-state index contributed by atoms with van der Waals surface area (Å²) >= 11 is 0. The van der Waals surface area contributed by atoms with Gasteiger partial charge in [0.05, 0.1) is 13.7 Å². The second-order valence-corrected chi connectivity index (χ2v) is 7.00. The van der Waals surface area contributed by atoms with Gasteiger partial charge in [0.25, 0.3) is 17.2 Å². The van der Waals surface area contributed by atoms with Gasteiger partial charge >= 0.3 is 0 Å². The van der Waals surface area contributed by atoms with Gasteiger partial charge in [0.2, 0.25) is 0 Å². The maximum atomic E-state index is 13.4. The Bertz CT molecular complexity index is 1270. The smallest absolute Gasteiger partial charge is 0.274 e. The molecule has 1 N–H and O–H groups in total. The Kier molecular flexibility index (Phi) is 5.05. The molecule has 2 aromatic carbocycles. The zero-order valence-corrected chi connectivity index (χ0v) is 16.9. The number of anilines is 1. The summed E-state index contributed by atoms with van der Waals surface area (Å²) in [6, 6.07) is 16.0. The van der Waals surface area contributed by atoms with Gasteiger partial charge in [0.15, 0.2) is 0 Å². The van der Waals surface area contributed by atoms with E-state index in [2.05, 4.69) is 15.1 Å². The molecular weight excluding hydrogens is 382 g/mol. The Morgan fingerprint density at radius 1 is 1.10 bits per heavy atom. The number of rotatable bonds is 5. The summed E-state index contributed by atoms with van der Waals surface area (Å²) in [6.07, 6.45) is 0. The standard InChI is InChI=1S/C22H21N5O3/c1-14-7-9-17(10-8-14)26(21(29)16-5-4-6-18(12-16)30-3)13-19-24-22-23-15(2)11-20(28)27(22)25-19/h4-12H,13H2,1-3H3,(H,23,24,25). The molecule has 4 aromatic rings. The fraction of sp³-hybridized carbons (Fsp3) is 0.182. The summed E-state index contributed by atoms with van der Waals surface area (Å²) in [7, 11) is 1.56. The molecule has 1 amide bonds. The van der Waals surface area contributed by atoms with Crippen LogP contribution in [-0.4, -0.2) is 32.6 Å². The number of methoxy groups -OCH3 is 1. The number of ether oxygens (including phenoxy) is 1. The number of H-pyrrole nitrogens is 1. The zero-order valence-electron chi connectivity index (χ0n) is 16.9. The largest absolute Gasteiger partial charge is 0.497 e. The Morgan fingerprint density at radius 3 is 2.60 bits per heavy atom. The van der Waals surface area contributed by atoms with E-state index in [0.29, 0.717) is 28.5 Å². The van der Waals surface area contributed by atoms with Crippen LogP contribution in [0.1, 0.15) is 27.4 Å². The van der Waals surface area contributed by atoms with Gasteiger partial charge in [0.1, 0.15) is 11.6 Å². The Labute approximate surface area is 172 Å². The first kappa shape index (κ1) is 19.4. The molecule has 8 nitrogen and oxygen atoms in total. The lowest BCUT2D eigenvalue weighted by Gasteiger charge is -2.22. The molecule has 4 rings (SSSR count). The molecule has 8 heteroatoms. The highest BCUT2D eigenvalue weighted by Crippen LogP contribution is 2.22. The van der Waals surface area contributed by atoms with Crippen molar-refractivity contribution in [2.75, 3.05) is 12.0 Å². The molecular formula is C22H21N5O3. The zero-order chi connectivity index (χ0) is 21.3. The highest BCUT2D eigenvalue weighted by molar-refractivity contribution is 6.06. The summed E-state index contributed by atoms with van der Waals surface area (Å²) in [5.41, 5.74) is 2.61. The van der Waals surface area contributed by atoms with Crippen LogP contribution < -0.4 is 15.2 Å². The number of aromatic nitrogens is 4. The monoisotopic (exact) mass is 403 g/mol. The van der Waals surface area contributed by atoms with E-state index in [-0.39, 0.29) is 23.8 Å². The Balaban J connectivity index is 1.75. The molecule has 0 radical (unpaired) electrons. The van der Waals surface area contributed by atoms with Crippen molar-refractivity contribution in [3.63, 3.8) is 0 Å². The van der Waals surface area contributed by atoms with Gasteiger partial charge in [-0.05, 0) is 44.2 Å². The minimum atomic E-state index is -0.253. The normalized spacial score (nSPS) is 10.9. The number of nitrogens with one attached hydrogen (secondary N) is 1. The highest BCUT2D eigenvalue weighted by atomic mass is 16.5. The first-order chi connectivity index (χ1) is 14.4. The van der Waals surface area contributed by atoms with Crippen LogP contribution in [0.2, 0.25) is 0 Å². The molecule has 30 heavy (non-hydrogen) atoms. The third-order valence-corrected chi connectivity index (χ3v) is 4.72. The van der Waals surface area contributed by atoms with Crippen LogP contribution in [0.3, 0.4) is 0 Å². The minimum absolute atomic E-state index is 0.140. The topological polar surface area (TPSA) is 92.6 Å². The van der Waals surface area contributed by atoms with Crippen molar-refractivity contribution in [2.45, 2.75) is 20.4 Å². The highest BCUT2D eigenvalue weighted by Gasteiger charge is 2.21. The fourth-order valence-corrected chi connectivity index (χ4v) is 3.17. The average Bonchev–Trinajstić information content (AvgIpc) is 3.15. The SMILES string of the molecule is COc1cccc(C(=O)N(Cc2nc3nc(C)cc(=O)n3[nH]2)c2ccc(C)cc2)c1. The number of aromatic amines is 1. The van der Waals surface area contributed by atoms with Crippen LogP contribution >= 0.6 is 0 Å². The fourth-order valence-electron chi connectivity index (χ4n) is 3.17. The first-order valence-corrected chi connectivity index (χ1v) is 9.42. The van der Waals surface area contributed by atoms with E-state index in [9.17, 15) is 9.59 Å². The van der Waals surface area contributed by atoms with Gasteiger partial charge in [-0.1, -0.05) is 23.8 Å². The summed E-state index contributed by atoms with van der Waals surface area (Å²) in [4.78, 5) is 35.9. The molecule has 0 fully saturated rings. The van der Waals surface area contributed by atoms with E-state index in [1.165, 1.54) is 10.6 Å². The lowest BCUT2D eigenvalue weighted by molar-refractivity contribution is 0.0984. The number of fused-ring (bicyclic) bond motifs is 1. The van der Waals surface area contributed by atoms with Gasteiger partial charge in [-0.25, -0.2) is 4.98 Å². The molecule has 0 aliphatic carbocycles. The van der Waals surface area contributed by atoms with Gasteiger partial charge in [0, 0.05) is 23.0 Å². The maximum absolute atomic E-state index is 13.4. The van der Waals surface area contributed by atoms with Crippen LogP contribution in [0.5, 0.6) is 5.75 Å². The predicted molar refractivity (Wildman–Crippen MR) is 113 cm³/mol. The molecule has 152 valence electrons. The first-order valence-electron chi connectivity index (χ1n) is 9.42. The molecule has 0 aliphatic rings. The number of hydrogen-bond donors (Lipinski definition) is 1. The van der Waals surface area contributed by atoms with Gasteiger partial charge in [-0.3, -0.25) is 14.7 Å². The third kappa shape index (κ3) is 3.80. The van der Waals surface area contributed by atoms with Crippen molar-refractivity contribution in [1.29, 1.82) is 0 Å². The van der Waals surface area contributed by atoms with Crippen molar-refractivity contribution >= 4 is 17.4 Å². The quantitative estimate of drug-likeness (QED) is 0.553.